The molecule has 1 amide bonds. The van der Waals surface area contributed by atoms with E-state index in [1.54, 1.807) is 31.2 Å². The topological polar surface area (TPSA) is 70.0 Å². The van der Waals surface area contributed by atoms with Crippen molar-refractivity contribution in [2.75, 3.05) is 13.2 Å². The van der Waals surface area contributed by atoms with Crippen LogP contribution in [-0.4, -0.2) is 41.0 Å². The van der Waals surface area contributed by atoms with Gasteiger partial charge in [-0.1, -0.05) is 24.3 Å². The van der Waals surface area contributed by atoms with E-state index in [4.69, 9.17) is 0 Å². The third-order valence-electron chi connectivity index (χ3n) is 4.84. The Labute approximate surface area is 167 Å². The Hall–Kier alpha value is -2.74. The van der Waals surface area contributed by atoms with E-state index in [1.807, 2.05) is 0 Å². The SMILES string of the molecule is C[C@@H](c1ccc(OC(F)F)cc1)N(CC[C@H](CCO)c1ccc(F)cc1)C(=O)O. The lowest BCUT2D eigenvalue weighted by atomic mass is 9.92. The monoisotopic (exact) mass is 411 g/mol. The largest absolute Gasteiger partial charge is 0.465 e. The van der Waals surface area contributed by atoms with Crippen LogP contribution in [0.4, 0.5) is 18.0 Å². The zero-order chi connectivity index (χ0) is 21.4. The highest BCUT2D eigenvalue weighted by Crippen LogP contribution is 2.28. The first-order valence-corrected chi connectivity index (χ1v) is 9.22. The van der Waals surface area contributed by atoms with Crippen molar-refractivity contribution in [1.82, 2.24) is 4.90 Å². The van der Waals surface area contributed by atoms with Crippen molar-refractivity contribution in [2.24, 2.45) is 0 Å². The van der Waals surface area contributed by atoms with E-state index in [9.17, 15) is 28.2 Å². The van der Waals surface area contributed by atoms with E-state index in [0.29, 0.717) is 18.4 Å². The minimum atomic E-state index is -2.93. The standard InChI is InChI=1S/C21H24F3NO4/c1-14(15-4-8-19(9-5-15)29-20(23)24)25(21(27)28)12-10-17(11-13-26)16-2-6-18(22)7-3-16/h2-9,14,17,20,26H,10-13H2,1H3,(H,27,28)/t14-,17+/m0/s1. The van der Waals surface area contributed by atoms with Gasteiger partial charge in [0, 0.05) is 13.2 Å². The fourth-order valence-electron chi connectivity index (χ4n) is 3.23. The van der Waals surface area contributed by atoms with Crippen LogP contribution >= 0.6 is 0 Å². The second kappa shape index (κ2) is 10.7. The van der Waals surface area contributed by atoms with Crippen molar-refractivity contribution < 1.29 is 32.9 Å². The maximum absolute atomic E-state index is 13.2. The van der Waals surface area contributed by atoms with Gasteiger partial charge in [-0.15, -0.1) is 0 Å². The Morgan fingerprint density at radius 3 is 2.14 bits per heavy atom. The predicted molar refractivity (Wildman–Crippen MR) is 102 cm³/mol. The predicted octanol–water partition coefficient (Wildman–Crippen LogP) is 5.02. The number of hydrogen-bond donors (Lipinski definition) is 2. The third kappa shape index (κ3) is 6.67. The van der Waals surface area contributed by atoms with Gasteiger partial charge in [0.1, 0.15) is 11.6 Å². The van der Waals surface area contributed by atoms with Crippen LogP contribution in [0.25, 0.3) is 0 Å². The molecule has 0 heterocycles. The van der Waals surface area contributed by atoms with Gasteiger partial charge in [0.25, 0.3) is 0 Å². The van der Waals surface area contributed by atoms with E-state index >= 15 is 0 Å². The number of aliphatic hydroxyl groups is 1. The number of halogens is 3. The molecule has 0 saturated heterocycles. The molecule has 0 aromatic heterocycles. The Morgan fingerprint density at radius 2 is 1.62 bits per heavy atom. The summed E-state index contributed by atoms with van der Waals surface area (Å²) in [6.45, 7) is -1.11. The summed E-state index contributed by atoms with van der Waals surface area (Å²) in [6, 6.07) is 11.2. The molecule has 0 fully saturated rings. The summed E-state index contributed by atoms with van der Waals surface area (Å²) in [5, 5.41) is 19.0. The zero-order valence-corrected chi connectivity index (χ0v) is 16.0. The molecule has 2 N–H and O–H groups in total. The van der Waals surface area contributed by atoms with Crippen molar-refractivity contribution in [3.05, 3.63) is 65.5 Å². The van der Waals surface area contributed by atoms with Crippen LogP contribution in [0.3, 0.4) is 0 Å². The maximum atomic E-state index is 13.2. The molecule has 8 heteroatoms. The van der Waals surface area contributed by atoms with Crippen LogP contribution in [0.1, 0.15) is 42.9 Å². The number of carboxylic acid groups (broad SMARTS) is 1. The van der Waals surface area contributed by atoms with Crippen LogP contribution < -0.4 is 4.74 Å². The molecular weight excluding hydrogens is 387 g/mol. The molecule has 0 aliphatic carbocycles. The van der Waals surface area contributed by atoms with Gasteiger partial charge in [-0.05, 0) is 61.1 Å². The average molecular weight is 411 g/mol. The lowest BCUT2D eigenvalue weighted by Crippen LogP contribution is -2.34. The van der Waals surface area contributed by atoms with E-state index in [1.165, 1.54) is 29.2 Å². The number of amides is 1. The highest BCUT2D eigenvalue weighted by molar-refractivity contribution is 5.65. The lowest BCUT2D eigenvalue weighted by molar-refractivity contribution is -0.0498. The Kier molecular flexibility index (Phi) is 8.33. The van der Waals surface area contributed by atoms with Crippen molar-refractivity contribution in [3.63, 3.8) is 0 Å². The summed E-state index contributed by atoms with van der Waals surface area (Å²) in [6.07, 6.45) is -0.255. The second-order valence-electron chi connectivity index (χ2n) is 6.65. The van der Waals surface area contributed by atoms with E-state index in [2.05, 4.69) is 4.74 Å². The van der Waals surface area contributed by atoms with Gasteiger partial charge in [-0.2, -0.15) is 8.78 Å². The molecule has 0 bridgehead atoms. The van der Waals surface area contributed by atoms with Gasteiger partial charge in [-0.25, -0.2) is 9.18 Å². The highest BCUT2D eigenvalue weighted by atomic mass is 19.3. The molecule has 0 spiro atoms. The second-order valence-corrected chi connectivity index (χ2v) is 6.65. The number of nitrogens with zero attached hydrogens (tertiary/aromatic N) is 1. The molecule has 2 atom stereocenters. The third-order valence-corrected chi connectivity index (χ3v) is 4.84. The molecule has 0 saturated carbocycles. The van der Waals surface area contributed by atoms with Crippen molar-refractivity contribution in [3.8, 4) is 5.75 Å². The van der Waals surface area contributed by atoms with Gasteiger partial charge in [0.05, 0.1) is 6.04 Å². The van der Waals surface area contributed by atoms with E-state index < -0.39 is 18.7 Å². The van der Waals surface area contributed by atoms with E-state index in [-0.39, 0.29) is 30.6 Å². The summed E-state index contributed by atoms with van der Waals surface area (Å²) in [5.74, 6) is -0.495. The van der Waals surface area contributed by atoms with Crippen LogP contribution in [0.5, 0.6) is 5.75 Å². The quantitative estimate of drug-likeness (QED) is 0.576. The van der Waals surface area contributed by atoms with Crippen LogP contribution in [0.15, 0.2) is 48.5 Å². The molecule has 2 aromatic rings. The van der Waals surface area contributed by atoms with Gasteiger partial charge >= 0.3 is 12.7 Å². The number of carbonyl (C=O) groups is 1. The molecule has 0 unspecified atom stereocenters. The van der Waals surface area contributed by atoms with Gasteiger partial charge < -0.3 is 19.8 Å². The van der Waals surface area contributed by atoms with Gasteiger partial charge in [0.15, 0.2) is 0 Å². The number of aliphatic hydroxyl groups excluding tert-OH is 1. The van der Waals surface area contributed by atoms with Gasteiger partial charge in [0.2, 0.25) is 0 Å². The summed E-state index contributed by atoms with van der Waals surface area (Å²) in [7, 11) is 0. The fourth-order valence-corrected chi connectivity index (χ4v) is 3.23. The zero-order valence-electron chi connectivity index (χ0n) is 16.0. The minimum absolute atomic E-state index is 0.00264. The Morgan fingerprint density at radius 1 is 1.03 bits per heavy atom. The molecule has 2 rings (SSSR count). The summed E-state index contributed by atoms with van der Waals surface area (Å²) < 4.78 is 42.0. The van der Waals surface area contributed by atoms with Crippen LogP contribution in [0, 0.1) is 5.82 Å². The summed E-state index contributed by atoms with van der Waals surface area (Å²) in [5.41, 5.74) is 1.46. The molecule has 2 aromatic carbocycles. The smallest absolute Gasteiger partial charge is 0.407 e. The molecule has 0 aliphatic rings. The van der Waals surface area contributed by atoms with Crippen LogP contribution in [-0.2, 0) is 0 Å². The van der Waals surface area contributed by atoms with Crippen molar-refractivity contribution in [1.29, 1.82) is 0 Å². The molecule has 0 aliphatic heterocycles. The normalized spacial score (nSPS) is 13.2. The molecule has 158 valence electrons. The van der Waals surface area contributed by atoms with Crippen LogP contribution in [0.2, 0.25) is 0 Å². The molecule has 29 heavy (non-hydrogen) atoms. The highest BCUT2D eigenvalue weighted by Gasteiger charge is 2.23. The molecule has 0 radical (unpaired) electrons. The van der Waals surface area contributed by atoms with Crippen molar-refractivity contribution in [2.45, 2.75) is 38.3 Å². The fraction of sp³-hybridized carbons (Fsp3) is 0.381. The van der Waals surface area contributed by atoms with Crippen molar-refractivity contribution >= 4 is 6.09 Å². The minimum Gasteiger partial charge on any atom is -0.465 e. The van der Waals surface area contributed by atoms with Gasteiger partial charge in [-0.3, -0.25) is 0 Å². The number of benzene rings is 2. The maximum Gasteiger partial charge on any atom is 0.407 e. The first-order chi connectivity index (χ1) is 13.8. The first-order valence-electron chi connectivity index (χ1n) is 9.22. The number of rotatable bonds is 10. The number of alkyl halides is 2. The number of hydrogen-bond acceptors (Lipinski definition) is 3. The number of ether oxygens (including phenoxy) is 1. The Balaban J connectivity index is 2.09. The molecular formula is C21H24F3NO4. The van der Waals surface area contributed by atoms with E-state index in [0.717, 1.165) is 5.56 Å². The summed E-state index contributed by atoms with van der Waals surface area (Å²) in [4.78, 5) is 13.0. The summed E-state index contributed by atoms with van der Waals surface area (Å²) >= 11 is 0. The lowest BCUT2D eigenvalue weighted by Gasteiger charge is -2.29. The molecule has 5 nitrogen and oxygen atoms in total. The average Bonchev–Trinajstić information content (AvgIpc) is 2.67. The first kappa shape index (κ1) is 22.5. The Bertz CT molecular complexity index is 769.